The van der Waals surface area contributed by atoms with Crippen LogP contribution in [0.15, 0.2) is 41.6 Å². The molecular weight excluding hydrogens is 295 g/mol. The van der Waals surface area contributed by atoms with Gasteiger partial charge in [0.2, 0.25) is 10.0 Å². The molecule has 0 saturated heterocycles. The number of nitrogens with one attached hydrogen (secondary N) is 2. The van der Waals surface area contributed by atoms with E-state index < -0.39 is 21.8 Å². The van der Waals surface area contributed by atoms with Gasteiger partial charge in [-0.1, -0.05) is 12.1 Å². The van der Waals surface area contributed by atoms with Crippen LogP contribution < -0.4 is 4.72 Å². The third-order valence-corrected chi connectivity index (χ3v) is 3.90. The van der Waals surface area contributed by atoms with E-state index in [1.165, 1.54) is 18.3 Å². The minimum atomic E-state index is -4.41. The molecule has 0 fully saturated rings. The van der Waals surface area contributed by atoms with E-state index in [1.807, 2.05) is 0 Å². The number of sulfonamides is 1. The largest absolute Gasteiger partial charge is 0.416 e. The van der Waals surface area contributed by atoms with Gasteiger partial charge in [0.1, 0.15) is 4.90 Å². The van der Waals surface area contributed by atoms with Crippen molar-refractivity contribution in [3.05, 3.63) is 47.8 Å². The lowest BCUT2D eigenvalue weighted by atomic mass is 10.1. The van der Waals surface area contributed by atoms with E-state index in [4.69, 9.17) is 0 Å². The van der Waals surface area contributed by atoms with Crippen LogP contribution in [-0.4, -0.2) is 18.6 Å². The van der Waals surface area contributed by atoms with Gasteiger partial charge in [-0.05, 0) is 17.7 Å². The van der Waals surface area contributed by atoms with Crippen LogP contribution in [0.2, 0.25) is 0 Å². The molecule has 0 amide bonds. The molecule has 0 radical (unpaired) electrons. The molecule has 2 rings (SSSR count). The molecule has 1 aromatic heterocycles. The van der Waals surface area contributed by atoms with Crippen LogP contribution in [0.1, 0.15) is 11.1 Å². The summed E-state index contributed by atoms with van der Waals surface area (Å²) in [5, 5.41) is 5.88. The number of H-pyrrole nitrogens is 1. The maximum Gasteiger partial charge on any atom is 0.416 e. The van der Waals surface area contributed by atoms with Crippen LogP contribution in [0, 0.1) is 0 Å². The quantitative estimate of drug-likeness (QED) is 0.906. The highest BCUT2D eigenvalue weighted by molar-refractivity contribution is 7.89. The predicted octanol–water partition coefficient (Wildman–Crippen LogP) is 1.91. The zero-order chi connectivity index (χ0) is 14.8. The van der Waals surface area contributed by atoms with E-state index in [0.717, 1.165) is 18.3 Å². The number of halogens is 3. The Kier molecular flexibility index (Phi) is 3.82. The molecule has 0 aliphatic carbocycles. The van der Waals surface area contributed by atoms with Crippen molar-refractivity contribution in [2.24, 2.45) is 0 Å². The predicted molar refractivity (Wildman–Crippen MR) is 64.1 cm³/mol. The SMILES string of the molecule is O=S(=O)(NCc1ccc(C(F)(F)F)cc1)c1cn[nH]c1. The number of aromatic amines is 1. The van der Waals surface area contributed by atoms with Crippen molar-refractivity contribution >= 4 is 10.0 Å². The van der Waals surface area contributed by atoms with Crippen LogP contribution in [0.25, 0.3) is 0 Å². The molecule has 108 valence electrons. The van der Waals surface area contributed by atoms with Gasteiger partial charge in [0.25, 0.3) is 0 Å². The summed E-state index contributed by atoms with van der Waals surface area (Å²) in [6.45, 7) is -0.106. The normalized spacial score (nSPS) is 12.6. The van der Waals surface area contributed by atoms with Gasteiger partial charge in [-0.25, -0.2) is 13.1 Å². The van der Waals surface area contributed by atoms with Crippen molar-refractivity contribution in [1.29, 1.82) is 0 Å². The average Bonchev–Trinajstić information content (AvgIpc) is 2.90. The summed E-state index contributed by atoms with van der Waals surface area (Å²) in [4.78, 5) is -0.0376. The van der Waals surface area contributed by atoms with Crippen molar-refractivity contribution in [2.45, 2.75) is 17.6 Å². The van der Waals surface area contributed by atoms with Crippen LogP contribution in [0.4, 0.5) is 13.2 Å². The molecule has 9 heteroatoms. The summed E-state index contributed by atoms with van der Waals surface area (Å²) in [7, 11) is -3.72. The van der Waals surface area contributed by atoms with Gasteiger partial charge in [-0.3, -0.25) is 5.10 Å². The summed E-state index contributed by atoms with van der Waals surface area (Å²) < 4.78 is 62.8. The lowest BCUT2D eigenvalue weighted by Gasteiger charge is -2.08. The average molecular weight is 305 g/mol. The fraction of sp³-hybridized carbons (Fsp3) is 0.182. The molecule has 0 saturated carbocycles. The van der Waals surface area contributed by atoms with Gasteiger partial charge >= 0.3 is 6.18 Å². The first kappa shape index (κ1) is 14.5. The van der Waals surface area contributed by atoms with Gasteiger partial charge in [-0.2, -0.15) is 18.3 Å². The minimum Gasteiger partial charge on any atom is -0.284 e. The van der Waals surface area contributed by atoms with E-state index >= 15 is 0 Å². The first-order chi connectivity index (χ1) is 9.29. The first-order valence-corrected chi connectivity index (χ1v) is 6.92. The van der Waals surface area contributed by atoms with E-state index in [9.17, 15) is 21.6 Å². The Hall–Kier alpha value is -1.87. The second kappa shape index (κ2) is 5.25. The zero-order valence-electron chi connectivity index (χ0n) is 9.98. The fourth-order valence-corrected chi connectivity index (χ4v) is 2.38. The molecule has 20 heavy (non-hydrogen) atoms. The Morgan fingerprint density at radius 2 is 1.85 bits per heavy atom. The van der Waals surface area contributed by atoms with E-state index in [1.54, 1.807) is 0 Å². The van der Waals surface area contributed by atoms with E-state index in [0.29, 0.717) is 5.56 Å². The van der Waals surface area contributed by atoms with Crippen LogP contribution in [-0.2, 0) is 22.7 Å². The molecule has 0 aliphatic rings. The number of alkyl halides is 3. The smallest absolute Gasteiger partial charge is 0.284 e. The number of benzene rings is 1. The van der Waals surface area contributed by atoms with Crippen LogP contribution >= 0.6 is 0 Å². The number of hydrogen-bond donors (Lipinski definition) is 2. The van der Waals surface area contributed by atoms with Crippen molar-refractivity contribution in [2.75, 3.05) is 0 Å². The molecular formula is C11H10F3N3O2S. The highest BCUT2D eigenvalue weighted by Crippen LogP contribution is 2.29. The maximum atomic E-state index is 12.4. The maximum absolute atomic E-state index is 12.4. The van der Waals surface area contributed by atoms with Gasteiger partial charge in [0, 0.05) is 12.7 Å². The summed E-state index contributed by atoms with van der Waals surface area (Å²) in [6, 6.07) is 4.25. The van der Waals surface area contributed by atoms with Crippen molar-refractivity contribution in [1.82, 2.24) is 14.9 Å². The van der Waals surface area contributed by atoms with Gasteiger partial charge in [-0.15, -0.1) is 0 Å². The molecule has 0 atom stereocenters. The monoisotopic (exact) mass is 305 g/mol. The molecule has 2 aromatic rings. The first-order valence-electron chi connectivity index (χ1n) is 5.43. The number of nitrogens with zero attached hydrogens (tertiary/aromatic N) is 1. The third-order valence-electron chi connectivity index (χ3n) is 2.53. The van der Waals surface area contributed by atoms with Crippen molar-refractivity contribution in [3.8, 4) is 0 Å². The Bertz CT molecular complexity index is 664. The van der Waals surface area contributed by atoms with Gasteiger partial charge < -0.3 is 0 Å². The van der Waals surface area contributed by atoms with Crippen molar-refractivity contribution < 1.29 is 21.6 Å². The van der Waals surface area contributed by atoms with Gasteiger partial charge in [0.15, 0.2) is 0 Å². The summed E-state index contributed by atoms with van der Waals surface area (Å²) in [6.07, 6.45) is -2.07. The Balaban J connectivity index is 2.05. The number of aromatic nitrogens is 2. The molecule has 5 nitrogen and oxygen atoms in total. The lowest BCUT2D eigenvalue weighted by molar-refractivity contribution is -0.137. The second-order valence-corrected chi connectivity index (χ2v) is 5.72. The standard InChI is InChI=1S/C11H10F3N3O2S/c12-11(13,14)9-3-1-8(2-4-9)5-17-20(18,19)10-6-15-16-7-10/h1-4,6-7,17H,5H2,(H,15,16). The fourth-order valence-electron chi connectivity index (χ4n) is 1.46. The van der Waals surface area contributed by atoms with Crippen LogP contribution in [0.3, 0.4) is 0 Å². The second-order valence-electron chi connectivity index (χ2n) is 3.95. The number of rotatable bonds is 4. The highest BCUT2D eigenvalue weighted by atomic mass is 32.2. The molecule has 0 bridgehead atoms. The zero-order valence-corrected chi connectivity index (χ0v) is 10.8. The van der Waals surface area contributed by atoms with E-state index in [-0.39, 0.29) is 11.4 Å². The third kappa shape index (κ3) is 3.36. The molecule has 1 heterocycles. The summed E-state index contributed by atoms with van der Waals surface area (Å²) in [5.41, 5.74) is -0.357. The Morgan fingerprint density at radius 3 is 2.35 bits per heavy atom. The molecule has 0 unspecified atom stereocenters. The lowest BCUT2D eigenvalue weighted by Crippen LogP contribution is -2.22. The molecule has 0 aliphatic heterocycles. The molecule has 2 N–H and O–H groups in total. The minimum absolute atomic E-state index is 0.0376. The van der Waals surface area contributed by atoms with Crippen molar-refractivity contribution in [3.63, 3.8) is 0 Å². The topological polar surface area (TPSA) is 74.8 Å². The van der Waals surface area contributed by atoms with Gasteiger partial charge in [0.05, 0.1) is 11.8 Å². The molecule has 1 aromatic carbocycles. The summed E-state index contributed by atoms with van der Waals surface area (Å²) in [5.74, 6) is 0. The Morgan fingerprint density at radius 1 is 1.20 bits per heavy atom. The van der Waals surface area contributed by atoms with Crippen LogP contribution in [0.5, 0.6) is 0 Å². The summed E-state index contributed by atoms with van der Waals surface area (Å²) >= 11 is 0. The number of hydrogen-bond acceptors (Lipinski definition) is 3. The highest BCUT2D eigenvalue weighted by Gasteiger charge is 2.29. The Labute approximate surface area is 112 Å². The van der Waals surface area contributed by atoms with E-state index in [2.05, 4.69) is 14.9 Å². The molecule has 0 spiro atoms.